The minimum atomic E-state index is -0.333. The lowest BCUT2D eigenvalue weighted by Crippen LogP contribution is -2.45. The minimum Gasteiger partial charge on any atom is -0.345 e. The lowest BCUT2D eigenvalue weighted by Gasteiger charge is -2.23. The lowest BCUT2D eigenvalue weighted by atomic mass is 9.99. The molecule has 0 saturated heterocycles. The van der Waals surface area contributed by atoms with Crippen molar-refractivity contribution < 1.29 is 4.79 Å². The smallest absolute Gasteiger partial charge is 0.239 e. The Morgan fingerprint density at radius 2 is 1.39 bits per heavy atom. The molecule has 0 aliphatic carbocycles. The highest BCUT2D eigenvalue weighted by atomic mass is 16.2. The zero-order valence-electron chi connectivity index (χ0n) is 14.5. The Labute approximate surface area is 116 Å². The summed E-state index contributed by atoms with van der Waals surface area (Å²) in [6, 6.07) is -0.333. The van der Waals surface area contributed by atoms with Gasteiger partial charge < -0.3 is 10.6 Å². The van der Waals surface area contributed by atoms with Crippen molar-refractivity contribution in [3.8, 4) is 0 Å². The number of likely N-dealkylation sites (N-methyl/N-ethyl adjacent to an activating group) is 1. The summed E-state index contributed by atoms with van der Waals surface area (Å²) >= 11 is 0. The van der Waals surface area contributed by atoms with Crippen molar-refractivity contribution in [3.05, 3.63) is 0 Å². The van der Waals surface area contributed by atoms with Crippen LogP contribution >= 0.6 is 0 Å². The molecule has 0 aromatic carbocycles. The number of rotatable bonds is 4. The van der Waals surface area contributed by atoms with E-state index in [0.717, 1.165) is 13.0 Å². The summed E-state index contributed by atoms with van der Waals surface area (Å²) in [5, 5.41) is 0. The summed E-state index contributed by atoms with van der Waals surface area (Å²) in [5.74, 6) is 0.318. The van der Waals surface area contributed by atoms with Crippen LogP contribution in [-0.4, -0.2) is 30.4 Å². The summed E-state index contributed by atoms with van der Waals surface area (Å²) in [7, 11) is 1.78. The van der Waals surface area contributed by atoms with Gasteiger partial charge in [0.2, 0.25) is 5.91 Å². The fourth-order valence-electron chi connectivity index (χ4n) is 0.908. The fraction of sp³-hybridized carbons (Fsp3) is 0.933. The van der Waals surface area contributed by atoms with Crippen molar-refractivity contribution in [2.75, 3.05) is 13.6 Å². The average Bonchev–Trinajstić information content (AvgIpc) is 2.49. The van der Waals surface area contributed by atoms with Gasteiger partial charge in [-0.2, -0.15) is 0 Å². The van der Waals surface area contributed by atoms with E-state index in [0.29, 0.717) is 0 Å². The van der Waals surface area contributed by atoms with E-state index < -0.39 is 0 Å². The Kier molecular flexibility index (Phi) is 31.4. The van der Waals surface area contributed by atoms with Crippen molar-refractivity contribution in [1.82, 2.24) is 4.90 Å². The molecule has 114 valence electrons. The number of hydrogen-bond acceptors (Lipinski definition) is 2. The van der Waals surface area contributed by atoms with E-state index in [9.17, 15) is 4.79 Å². The maximum Gasteiger partial charge on any atom is 0.239 e. The number of nitrogens with two attached hydrogens (primary N) is 1. The Morgan fingerprint density at radius 3 is 1.61 bits per heavy atom. The maximum atomic E-state index is 11.5. The van der Waals surface area contributed by atoms with Crippen molar-refractivity contribution >= 4 is 5.91 Å². The van der Waals surface area contributed by atoms with Crippen LogP contribution in [0, 0.1) is 5.92 Å². The molecule has 0 fully saturated rings. The van der Waals surface area contributed by atoms with E-state index in [2.05, 4.69) is 0 Å². The second-order valence-corrected chi connectivity index (χ2v) is 3.26. The molecule has 0 radical (unpaired) electrons. The molecule has 0 bridgehead atoms. The standard InChI is InChI=1S/C9H20N2O.3C2H6/c1-5-7(3)8(10)9(12)11(4)6-2;3*1-2/h7-8H,5-6,10H2,1-4H3;3*1-2H3/t7?,8-;;;/m0.../s1. The van der Waals surface area contributed by atoms with Crippen LogP contribution in [0.4, 0.5) is 0 Å². The molecule has 3 nitrogen and oxygen atoms in total. The van der Waals surface area contributed by atoms with Crippen LogP contribution in [0.15, 0.2) is 0 Å². The molecule has 0 aliphatic rings. The van der Waals surface area contributed by atoms with Crippen LogP contribution in [0.1, 0.15) is 68.7 Å². The zero-order valence-corrected chi connectivity index (χ0v) is 14.5. The van der Waals surface area contributed by atoms with Crippen LogP contribution < -0.4 is 5.73 Å². The number of hydrogen-bond donors (Lipinski definition) is 1. The lowest BCUT2D eigenvalue weighted by molar-refractivity contribution is -0.132. The van der Waals surface area contributed by atoms with Gasteiger partial charge in [-0.05, 0) is 12.8 Å². The first-order valence-electron chi connectivity index (χ1n) is 7.55. The maximum absolute atomic E-state index is 11.5. The molecular formula is C15H38N2O. The molecule has 0 spiro atoms. The van der Waals surface area contributed by atoms with E-state index in [1.54, 1.807) is 11.9 Å². The van der Waals surface area contributed by atoms with E-state index >= 15 is 0 Å². The number of nitrogens with zero attached hydrogens (tertiary/aromatic N) is 1. The molecule has 18 heavy (non-hydrogen) atoms. The molecular weight excluding hydrogens is 224 g/mol. The van der Waals surface area contributed by atoms with E-state index in [-0.39, 0.29) is 17.9 Å². The summed E-state index contributed by atoms with van der Waals surface area (Å²) in [5.41, 5.74) is 5.76. The SMILES string of the molecule is CC.CC.CC.CCC(C)[C@H](N)C(=O)N(C)CC. The summed E-state index contributed by atoms with van der Waals surface area (Å²) < 4.78 is 0. The molecule has 2 atom stereocenters. The second-order valence-electron chi connectivity index (χ2n) is 3.26. The third kappa shape index (κ3) is 13.5. The normalized spacial score (nSPS) is 11.3. The van der Waals surface area contributed by atoms with E-state index in [1.165, 1.54) is 0 Å². The van der Waals surface area contributed by atoms with Gasteiger partial charge >= 0.3 is 0 Å². The Bertz CT molecular complexity index is 149. The molecule has 1 unspecified atom stereocenters. The van der Waals surface area contributed by atoms with Gasteiger partial charge in [0.05, 0.1) is 6.04 Å². The molecule has 2 N–H and O–H groups in total. The summed E-state index contributed by atoms with van der Waals surface area (Å²) in [4.78, 5) is 13.1. The minimum absolute atomic E-state index is 0.0480. The second kappa shape index (κ2) is 21.7. The van der Waals surface area contributed by atoms with Crippen LogP contribution in [0.25, 0.3) is 0 Å². The van der Waals surface area contributed by atoms with Crippen LogP contribution in [0.3, 0.4) is 0 Å². The van der Waals surface area contributed by atoms with Crippen LogP contribution in [0.2, 0.25) is 0 Å². The van der Waals surface area contributed by atoms with Gasteiger partial charge in [0, 0.05) is 13.6 Å². The molecule has 0 rings (SSSR count). The first-order chi connectivity index (χ1) is 8.54. The average molecular weight is 262 g/mol. The van der Waals surface area contributed by atoms with Gasteiger partial charge in [0.25, 0.3) is 0 Å². The van der Waals surface area contributed by atoms with Gasteiger partial charge in [0.1, 0.15) is 0 Å². The summed E-state index contributed by atoms with van der Waals surface area (Å²) in [6.07, 6.45) is 0.949. The number of amides is 1. The van der Waals surface area contributed by atoms with Gasteiger partial charge in [-0.1, -0.05) is 61.8 Å². The highest BCUT2D eigenvalue weighted by Gasteiger charge is 2.21. The van der Waals surface area contributed by atoms with Gasteiger partial charge in [-0.15, -0.1) is 0 Å². The largest absolute Gasteiger partial charge is 0.345 e. The quantitative estimate of drug-likeness (QED) is 0.834. The third-order valence-electron chi connectivity index (χ3n) is 2.39. The van der Waals surface area contributed by atoms with Crippen molar-refractivity contribution in [3.63, 3.8) is 0 Å². The van der Waals surface area contributed by atoms with Gasteiger partial charge in [0.15, 0.2) is 0 Å². The predicted octanol–water partition coefficient (Wildman–Crippen LogP) is 3.92. The fourth-order valence-corrected chi connectivity index (χ4v) is 0.908. The van der Waals surface area contributed by atoms with Crippen molar-refractivity contribution in [2.24, 2.45) is 11.7 Å². The number of carbonyl (C=O) groups excluding carboxylic acids is 1. The zero-order chi connectivity index (χ0) is 15.7. The van der Waals surface area contributed by atoms with Gasteiger partial charge in [-0.25, -0.2) is 0 Å². The Hall–Kier alpha value is -0.570. The van der Waals surface area contributed by atoms with E-state index in [1.807, 2.05) is 62.3 Å². The van der Waals surface area contributed by atoms with Crippen LogP contribution in [0.5, 0.6) is 0 Å². The van der Waals surface area contributed by atoms with Crippen molar-refractivity contribution in [1.29, 1.82) is 0 Å². The van der Waals surface area contributed by atoms with E-state index in [4.69, 9.17) is 5.73 Å². The topological polar surface area (TPSA) is 46.3 Å². The molecule has 3 heteroatoms. The Balaban J connectivity index is -0.000000141. The Morgan fingerprint density at radius 1 is 1.06 bits per heavy atom. The highest BCUT2D eigenvalue weighted by Crippen LogP contribution is 2.07. The summed E-state index contributed by atoms with van der Waals surface area (Å²) in [6.45, 7) is 18.7. The molecule has 0 heterocycles. The molecule has 0 aliphatic heterocycles. The third-order valence-corrected chi connectivity index (χ3v) is 2.39. The van der Waals surface area contributed by atoms with Gasteiger partial charge in [-0.3, -0.25) is 4.79 Å². The highest BCUT2D eigenvalue weighted by molar-refractivity contribution is 5.81. The predicted molar refractivity (Wildman–Crippen MR) is 84.8 cm³/mol. The van der Waals surface area contributed by atoms with Crippen LogP contribution in [-0.2, 0) is 4.79 Å². The first kappa shape index (κ1) is 26.1. The number of carbonyl (C=O) groups is 1. The molecule has 0 aromatic heterocycles. The van der Waals surface area contributed by atoms with Crippen molar-refractivity contribution in [2.45, 2.75) is 74.8 Å². The molecule has 0 aromatic rings. The monoisotopic (exact) mass is 262 g/mol. The molecule has 1 amide bonds. The first-order valence-corrected chi connectivity index (χ1v) is 7.55. The molecule has 0 saturated carbocycles.